The fourth-order valence-corrected chi connectivity index (χ4v) is 1.95. The van der Waals surface area contributed by atoms with Gasteiger partial charge in [0.25, 0.3) is 0 Å². The van der Waals surface area contributed by atoms with Gasteiger partial charge < -0.3 is 15.2 Å². The fraction of sp³-hybridized carbons (Fsp3) is 0.500. The summed E-state index contributed by atoms with van der Waals surface area (Å²) in [4.78, 5) is 0. The summed E-state index contributed by atoms with van der Waals surface area (Å²) in [5.74, 6) is 0.857. The normalized spacial score (nSPS) is 23.9. The SMILES string of the molecule is CCOc1ccc(C2(O)CCNC2)cc1.Cl. The number of halogens is 1. The van der Waals surface area contributed by atoms with Crippen LogP contribution < -0.4 is 10.1 Å². The van der Waals surface area contributed by atoms with Crippen LogP contribution in [0.1, 0.15) is 18.9 Å². The van der Waals surface area contributed by atoms with E-state index < -0.39 is 5.60 Å². The molecule has 16 heavy (non-hydrogen) atoms. The van der Waals surface area contributed by atoms with Gasteiger partial charge in [0.2, 0.25) is 0 Å². The lowest BCUT2D eigenvalue weighted by atomic mass is 9.93. The lowest BCUT2D eigenvalue weighted by Crippen LogP contribution is -2.28. The smallest absolute Gasteiger partial charge is 0.119 e. The van der Waals surface area contributed by atoms with Crippen LogP contribution in [0.15, 0.2) is 24.3 Å². The molecule has 0 spiro atoms. The van der Waals surface area contributed by atoms with Crippen molar-refractivity contribution in [3.63, 3.8) is 0 Å². The Balaban J connectivity index is 0.00000128. The van der Waals surface area contributed by atoms with E-state index in [2.05, 4.69) is 5.32 Å². The molecule has 1 aliphatic heterocycles. The Kier molecular flexibility index (Phi) is 4.59. The fourth-order valence-electron chi connectivity index (χ4n) is 1.95. The molecule has 0 bridgehead atoms. The molecular weight excluding hydrogens is 226 g/mol. The Bertz CT molecular complexity index is 320. The Morgan fingerprint density at radius 1 is 1.38 bits per heavy atom. The molecule has 1 aromatic carbocycles. The summed E-state index contributed by atoms with van der Waals surface area (Å²) in [7, 11) is 0. The van der Waals surface area contributed by atoms with Crippen molar-refractivity contribution in [3.05, 3.63) is 29.8 Å². The second-order valence-corrected chi connectivity index (χ2v) is 3.92. The molecule has 0 radical (unpaired) electrons. The van der Waals surface area contributed by atoms with Gasteiger partial charge in [0, 0.05) is 6.54 Å². The third-order valence-corrected chi connectivity index (χ3v) is 2.84. The summed E-state index contributed by atoms with van der Waals surface area (Å²) in [6.07, 6.45) is 0.779. The van der Waals surface area contributed by atoms with Crippen molar-refractivity contribution in [1.82, 2.24) is 5.32 Å². The molecule has 90 valence electrons. The molecule has 2 rings (SSSR count). The first-order chi connectivity index (χ1) is 7.24. The van der Waals surface area contributed by atoms with E-state index in [0.29, 0.717) is 13.2 Å². The van der Waals surface area contributed by atoms with Crippen LogP contribution in [-0.2, 0) is 5.60 Å². The summed E-state index contributed by atoms with van der Waals surface area (Å²) >= 11 is 0. The number of benzene rings is 1. The average Bonchev–Trinajstić information content (AvgIpc) is 2.68. The Labute approximate surface area is 102 Å². The van der Waals surface area contributed by atoms with Crippen molar-refractivity contribution in [3.8, 4) is 5.75 Å². The monoisotopic (exact) mass is 243 g/mol. The molecule has 2 N–H and O–H groups in total. The quantitative estimate of drug-likeness (QED) is 0.849. The zero-order valence-electron chi connectivity index (χ0n) is 9.40. The van der Waals surface area contributed by atoms with Crippen LogP contribution in [0.4, 0.5) is 0 Å². The number of hydrogen-bond donors (Lipinski definition) is 2. The maximum Gasteiger partial charge on any atom is 0.119 e. The van der Waals surface area contributed by atoms with Crippen LogP contribution in [0.3, 0.4) is 0 Å². The Morgan fingerprint density at radius 2 is 2.06 bits per heavy atom. The maximum absolute atomic E-state index is 10.3. The van der Waals surface area contributed by atoms with E-state index >= 15 is 0 Å². The maximum atomic E-state index is 10.3. The summed E-state index contributed by atoms with van der Waals surface area (Å²) in [5.41, 5.74) is 0.279. The molecule has 3 nitrogen and oxygen atoms in total. The molecule has 1 aromatic rings. The van der Waals surface area contributed by atoms with Crippen molar-refractivity contribution >= 4 is 12.4 Å². The van der Waals surface area contributed by atoms with Crippen LogP contribution in [-0.4, -0.2) is 24.8 Å². The van der Waals surface area contributed by atoms with Gasteiger partial charge >= 0.3 is 0 Å². The second kappa shape index (κ2) is 5.53. The van der Waals surface area contributed by atoms with Crippen molar-refractivity contribution in [2.45, 2.75) is 18.9 Å². The predicted molar refractivity (Wildman–Crippen MR) is 66.2 cm³/mol. The van der Waals surface area contributed by atoms with Crippen LogP contribution in [0.25, 0.3) is 0 Å². The molecule has 0 amide bonds. The Morgan fingerprint density at radius 3 is 2.56 bits per heavy atom. The van der Waals surface area contributed by atoms with Crippen molar-refractivity contribution in [2.75, 3.05) is 19.7 Å². The van der Waals surface area contributed by atoms with Crippen molar-refractivity contribution < 1.29 is 9.84 Å². The van der Waals surface area contributed by atoms with Gasteiger partial charge in [-0.25, -0.2) is 0 Å². The molecule has 1 unspecified atom stereocenters. The molecule has 0 saturated carbocycles. The minimum atomic E-state index is -0.690. The van der Waals surface area contributed by atoms with Crippen LogP contribution >= 0.6 is 12.4 Å². The molecule has 1 heterocycles. The van der Waals surface area contributed by atoms with Gasteiger partial charge in [-0.05, 0) is 37.6 Å². The number of nitrogens with one attached hydrogen (secondary N) is 1. The van der Waals surface area contributed by atoms with Gasteiger partial charge in [-0.15, -0.1) is 12.4 Å². The molecule has 1 atom stereocenters. The van der Waals surface area contributed by atoms with Gasteiger partial charge in [-0.3, -0.25) is 0 Å². The summed E-state index contributed by atoms with van der Waals surface area (Å²) in [6.45, 7) is 4.15. The standard InChI is InChI=1S/C12H17NO2.ClH/c1-2-15-11-5-3-10(4-6-11)12(14)7-8-13-9-12;/h3-6,13-14H,2,7-9H2,1H3;1H. The number of ether oxygens (including phenoxy) is 1. The minimum Gasteiger partial charge on any atom is -0.494 e. The van der Waals surface area contributed by atoms with E-state index in [0.717, 1.165) is 24.3 Å². The lowest BCUT2D eigenvalue weighted by molar-refractivity contribution is 0.0587. The van der Waals surface area contributed by atoms with Gasteiger partial charge in [-0.1, -0.05) is 12.1 Å². The highest BCUT2D eigenvalue weighted by atomic mass is 35.5. The number of hydrogen-bond acceptors (Lipinski definition) is 3. The van der Waals surface area contributed by atoms with E-state index in [1.807, 2.05) is 31.2 Å². The third kappa shape index (κ3) is 2.67. The second-order valence-electron chi connectivity index (χ2n) is 3.92. The van der Waals surface area contributed by atoms with Crippen LogP contribution in [0.5, 0.6) is 5.75 Å². The van der Waals surface area contributed by atoms with Crippen LogP contribution in [0.2, 0.25) is 0 Å². The minimum absolute atomic E-state index is 0. The van der Waals surface area contributed by atoms with Crippen molar-refractivity contribution in [2.24, 2.45) is 0 Å². The lowest BCUT2D eigenvalue weighted by Gasteiger charge is -2.21. The summed E-state index contributed by atoms with van der Waals surface area (Å²) in [6, 6.07) is 7.71. The largest absolute Gasteiger partial charge is 0.494 e. The molecule has 1 saturated heterocycles. The van der Waals surface area contributed by atoms with E-state index in [1.54, 1.807) is 0 Å². The molecule has 4 heteroatoms. The van der Waals surface area contributed by atoms with Gasteiger partial charge in [0.1, 0.15) is 11.4 Å². The zero-order chi connectivity index (χ0) is 10.7. The topological polar surface area (TPSA) is 41.5 Å². The highest BCUT2D eigenvalue weighted by Crippen LogP contribution is 2.28. The molecule has 0 aromatic heterocycles. The number of aliphatic hydroxyl groups is 1. The summed E-state index contributed by atoms with van der Waals surface area (Å²) in [5, 5.41) is 13.4. The first-order valence-corrected chi connectivity index (χ1v) is 5.41. The first-order valence-electron chi connectivity index (χ1n) is 5.41. The highest BCUT2D eigenvalue weighted by Gasteiger charge is 2.32. The zero-order valence-corrected chi connectivity index (χ0v) is 10.2. The molecule has 1 aliphatic rings. The number of β-amino-alcohol motifs (C(OH)–C–C–N with tert-alkyl or cyclic N) is 1. The number of rotatable bonds is 3. The van der Waals surface area contributed by atoms with E-state index in [1.165, 1.54) is 0 Å². The van der Waals surface area contributed by atoms with Crippen LogP contribution in [0, 0.1) is 0 Å². The molecule has 0 aliphatic carbocycles. The first kappa shape index (κ1) is 13.3. The predicted octanol–water partition coefficient (Wildman–Crippen LogP) is 1.69. The summed E-state index contributed by atoms with van der Waals surface area (Å²) < 4.78 is 5.36. The van der Waals surface area contributed by atoms with E-state index in [-0.39, 0.29) is 12.4 Å². The van der Waals surface area contributed by atoms with E-state index in [9.17, 15) is 5.11 Å². The van der Waals surface area contributed by atoms with Gasteiger partial charge in [0.05, 0.1) is 6.61 Å². The van der Waals surface area contributed by atoms with Gasteiger partial charge in [-0.2, -0.15) is 0 Å². The third-order valence-electron chi connectivity index (χ3n) is 2.84. The molecule has 1 fully saturated rings. The van der Waals surface area contributed by atoms with Gasteiger partial charge in [0.15, 0.2) is 0 Å². The Hall–Kier alpha value is -0.770. The van der Waals surface area contributed by atoms with Crippen molar-refractivity contribution in [1.29, 1.82) is 0 Å². The van der Waals surface area contributed by atoms with E-state index in [4.69, 9.17) is 4.74 Å². The average molecular weight is 244 g/mol. The molecular formula is C12H18ClNO2. The highest BCUT2D eigenvalue weighted by molar-refractivity contribution is 5.85.